The smallest absolute Gasteiger partial charge is 0.0653 e. The number of aliphatic hydroxyl groups is 1. The minimum Gasteiger partial charge on any atom is -0.390 e. The summed E-state index contributed by atoms with van der Waals surface area (Å²) in [5, 5.41) is 10.1. The second-order valence-corrected chi connectivity index (χ2v) is 5.71. The zero-order valence-corrected chi connectivity index (χ0v) is 8.59. The number of hydrogen-bond acceptors (Lipinski definition) is 1. The van der Waals surface area contributed by atoms with E-state index >= 15 is 0 Å². The molecule has 1 N–H and O–H groups in total. The third-order valence-corrected chi connectivity index (χ3v) is 4.83. The van der Waals surface area contributed by atoms with Crippen LogP contribution < -0.4 is 0 Å². The van der Waals surface area contributed by atoms with Crippen molar-refractivity contribution >= 4 is 0 Å². The zero-order valence-electron chi connectivity index (χ0n) is 8.59. The van der Waals surface area contributed by atoms with Crippen molar-refractivity contribution in [3.63, 3.8) is 0 Å². The number of hydrogen-bond donors (Lipinski definition) is 1. The van der Waals surface area contributed by atoms with E-state index in [0.717, 1.165) is 12.3 Å². The molecule has 0 spiro atoms. The molecule has 2 rings (SSSR count). The molecule has 0 aliphatic heterocycles. The summed E-state index contributed by atoms with van der Waals surface area (Å²) in [6.45, 7) is 9.04. The van der Waals surface area contributed by atoms with Gasteiger partial charge in [0.2, 0.25) is 0 Å². The third kappa shape index (κ3) is 0.834. The normalized spacial score (nSPS) is 56.2. The van der Waals surface area contributed by atoms with E-state index in [2.05, 4.69) is 20.8 Å². The SMILES string of the molecule is C[C@H]1[C@H]2C[C@H](C[C@@]2(C)O)C1(C)C. The summed E-state index contributed by atoms with van der Waals surface area (Å²) in [6, 6.07) is 0. The Balaban J connectivity index is 2.30. The molecule has 2 aliphatic carbocycles. The molecule has 0 heterocycles. The highest BCUT2D eigenvalue weighted by atomic mass is 16.3. The van der Waals surface area contributed by atoms with E-state index in [4.69, 9.17) is 0 Å². The van der Waals surface area contributed by atoms with Gasteiger partial charge in [-0.25, -0.2) is 0 Å². The first-order valence-corrected chi connectivity index (χ1v) is 5.08. The van der Waals surface area contributed by atoms with Crippen molar-refractivity contribution in [3.05, 3.63) is 0 Å². The quantitative estimate of drug-likeness (QED) is 0.589. The molecule has 0 aromatic rings. The fourth-order valence-corrected chi connectivity index (χ4v) is 3.49. The Morgan fingerprint density at radius 2 is 1.83 bits per heavy atom. The fourth-order valence-electron chi connectivity index (χ4n) is 3.49. The molecule has 12 heavy (non-hydrogen) atoms. The molecule has 2 aliphatic rings. The van der Waals surface area contributed by atoms with Crippen LogP contribution in [-0.4, -0.2) is 10.7 Å². The summed E-state index contributed by atoms with van der Waals surface area (Å²) < 4.78 is 0. The van der Waals surface area contributed by atoms with Crippen molar-refractivity contribution < 1.29 is 5.11 Å². The van der Waals surface area contributed by atoms with Gasteiger partial charge in [-0.15, -0.1) is 0 Å². The Morgan fingerprint density at radius 1 is 1.25 bits per heavy atom. The van der Waals surface area contributed by atoms with Crippen LogP contribution in [0.5, 0.6) is 0 Å². The lowest BCUT2D eigenvalue weighted by molar-refractivity contribution is -0.0537. The lowest BCUT2D eigenvalue weighted by atomic mass is 9.65. The monoisotopic (exact) mass is 168 g/mol. The fraction of sp³-hybridized carbons (Fsp3) is 1.00. The van der Waals surface area contributed by atoms with Gasteiger partial charge < -0.3 is 5.11 Å². The average Bonchev–Trinajstić information content (AvgIpc) is 2.31. The standard InChI is InChI=1S/C11H20O/c1-7-9-5-8(10(7,2)3)6-11(9,4)12/h7-9,12H,5-6H2,1-4H3/t7-,8+,9+,11+/m0/s1. The van der Waals surface area contributed by atoms with E-state index in [1.165, 1.54) is 6.42 Å². The molecule has 70 valence electrons. The van der Waals surface area contributed by atoms with Gasteiger partial charge in [-0.3, -0.25) is 0 Å². The van der Waals surface area contributed by atoms with Crippen molar-refractivity contribution in [1.82, 2.24) is 0 Å². The minimum absolute atomic E-state index is 0.362. The maximum atomic E-state index is 10.1. The Hall–Kier alpha value is -0.0400. The van der Waals surface area contributed by atoms with E-state index in [1.54, 1.807) is 0 Å². The Labute approximate surface area is 75.2 Å². The van der Waals surface area contributed by atoms with Crippen molar-refractivity contribution in [2.45, 2.75) is 46.1 Å². The molecule has 0 radical (unpaired) electrons. The highest BCUT2D eigenvalue weighted by molar-refractivity contribution is 5.09. The van der Waals surface area contributed by atoms with E-state index < -0.39 is 0 Å². The van der Waals surface area contributed by atoms with E-state index in [1.807, 2.05) is 6.92 Å². The molecular formula is C11H20O. The lowest BCUT2D eigenvalue weighted by Gasteiger charge is -2.43. The van der Waals surface area contributed by atoms with Crippen LogP contribution in [0.25, 0.3) is 0 Å². The van der Waals surface area contributed by atoms with E-state index in [0.29, 0.717) is 17.3 Å². The lowest BCUT2D eigenvalue weighted by Crippen LogP contribution is -2.42. The predicted octanol–water partition coefficient (Wildman–Crippen LogP) is 2.44. The first-order chi connectivity index (χ1) is 5.36. The summed E-state index contributed by atoms with van der Waals surface area (Å²) in [4.78, 5) is 0. The highest BCUT2D eigenvalue weighted by Crippen LogP contribution is 2.62. The second-order valence-electron chi connectivity index (χ2n) is 5.71. The third-order valence-electron chi connectivity index (χ3n) is 4.83. The van der Waals surface area contributed by atoms with Crippen LogP contribution in [-0.2, 0) is 0 Å². The Kier molecular flexibility index (Phi) is 1.47. The molecule has 1 nitrogen and oxygen atoms in total. The van der Waals surface area contributed by atoms with Crippen LogP contribution in [0.3, 0.4) is 0 Å². The van der Waals surface area contributed by atoms with E-state index in [-0.39, 0.29) is 5.60 Å². The maximum absolute atomic E-state index is 10.1. The van der Waals surface area contributed by atoms with Crippen LogP contribution in [0.1, 0.15) is 40.5 Å². The Morgan fingerprint density at radius 3 is 2.17 bits per heavy atom. The van der Waals surface area contributed by atoms with Crippen LogP contribution in [0, 0.1) is 23.2 Å². The average molecular weight is 168 g/mol. The molecule has 1 heteroatoms. The molecule has 0 amide bonds. The van der Waals surface area contributed by atoms with Gasteiger partial charge in [-0.05, 0) is 42.9 Å². The predicted molar refractivity (Wildman–Crippen MR) is 49.8 cm³/mol. The first-order valence-electron chi connectivity index (χ1n) is 5.08. The molecule has 0 aromatic heterocycles. The summed E-state index contributed by atoms with van der Waals surface area (Å²) in [7, 11) is 0. The van der Waals surface area contributed by atoms with Gasteiger partial charge >= 0.3 is 0 Å². The molecule has 0 aromatic carbocycles. The summed E-state index contributed by atoms with van der Waals surface area (Å²) in [6.07, 6.45) is 2.27. The molecule has 2 fully saturated rings. The molecular weight excluding hydrogens is 148 g/mol. The molecule has 0 unspecified atom stereocenters. The molecule has 2 saturated carbocycles. The van der Waals surface area contributed by atoms with Crippen molar-refractivity contribution in [1.29, 1.82) is 0 Å². The largest absolute Gasteiger partial charge is 0.390 e. The molecule has 4 atom stereocenters. The van der Waals surface area contributed by atoms with Crippen LogP contribution in [0.15, 0.2) is 0 Å². The van der Waals surface area contributed by atoms with Gasteiger partial charge in [-0.1, -0.05) is 20.8 Å². The second kappa shape index (κ2) is 2.06. The molecule has 0 saturated heterocycles. The van der Waals surface area contributed by atoms with E-state index in [9.17, 15) is 5.11 Å². The van der Waals surface area contributed by atoms with Crippen LogP contribution in [0.2, 0.25) is 0 Å². The van der Waals surface area contributed by atoms with Crippen molar-refractivity contribution in [2.75, 3.05) is 0 Å². The maximum Gasteiger partial charge on any atom is 0.0653 e. The van der Waals surface area contributed by atoms with Gasteiger partial charge in [0.25, 0.3) is 0 Å². The van der Waals surface area contributed by atoms with Gasteiger partial charge in [0.15, 0.2) is 0 Å². The van der Waals surface area contributed by atoms with Crippen molar-refractivity contribution in [2.24, 2.45) is 23.2 Å². The van der Waals surface area contributed by atoms with Gasteiger partial charge in [0.1, 0.15) is 0 Å². The van der Waals surface area contributed by atoms with Gasteiger partial charge in [0, 0.05) is 0 Å². The zero-order chi connectivity index (χ0) is 9.15. The van der Waals surface area contributed by atoms with Gasteiger partial charge in [0.05, 0.1) is 5.60 Å². The van der Waals surface area contributed by atoms with Crippen LogP contribution in [0.4, 0.5) is 0 Å². The highest BCUT2D eigenvalue weighted by Gasteiger charge is 2.59. The van der Waals surface area contributed by atoms with Crippen LogP contribution >= 0.6 is 0 Å². The molecule has 2 bridgehead atoms. The Bertz CT molecular complexity index is 201. The topological polar surface area (TPSA) is 20.2 Å². The van der Waals surface area contributed by atoms with Gasteiger partial charge in [-0.2, -0.15) is 0 Å². The summed E-state index contributed by atoms with van der Waals surface area (Å²) >= 11 is 0. The van der Waals surface area contributed by atoms with Crippen molar-refractivity contribution in [3.8, 4) is 0 Å². The first kappa shape index (κ1) is 8.55. The summed E-state index contributed by atoms with van der Waals surface area (Å²) in [5.41, 5.74) is 0.104. The number of fused-ring (bicyclic) bond motifs is 2. The minimum atomic E-state index is -0.362. The number of rotatable bonds is 0. The summed E-state index contributed by atoms with van der Waals surface area (Å²) in [5.74, 6) is 2.00.